The molecular formula is C33H42N2NiO2. The quantitative estimate of drug-likeness (QED) is 0.243. The Hall–Kier alpha value is -2.91. The molecule has 38 heavy (non-hydrogen) atoms. The van der Waals surface area contributed by atoms with Gasteiger partial charge < -0.3 is 10.2 Å². The van der Waals surface area contributed by atoms with Crippen LogP contribution in [0.15, 0.2) is 58.5 Å². The zero-order valence-corrected chi connectivity index (χ0v) is 25.7. The van der Waals surface area contributed by atoms with Crippen LogP contribution in [0.2, 0.25) is 0 Å². The number of nitrogens with zero attached hydrogens (tertiary/aromatic N) is 2. The van der Waals surface area contributed by atoms with Crippen molar-refractivity contribution in [2.24, 2.45) is 9.98 Å². The number of hydrogen-bond acceptors (Lipinski definition) is 4. The van der Waals surface area contributed by atoms with Crippen molar-refractivity contribution < 1.29 is 26.7 Å². The van der Waals surface area contributed by atoms with E-state index in [4.69, 9.17) is 4.99 Å². The molecule has 4 nitrogen and oxygen atoms in total. The predicted octanol–water partition coefficient (Wildman–Crippen LogP) is 7.84. The molecule has 0 aromatic heterocycles. The van der Waals surface area contributed by atoms with Crippen LogP contribution >= 0.6 is 0 Å². The molecule has 0 bridgehead atoms. The number of hydrogen-bond donors (Lipinski definition) is 0. The van der Waals surface area contributed by atoms with E-state index in [1.54, 1.807) is 0 Å². The first-order valence-corrected chi connectivity index (χ1v) is 12.8. The van der Waals surface area contributed by atoms with Gasteiger partial charge >= 0.3 is 16.5 Å². The van der Waals surface area contributed by atoms with Gasteiger partial charge in [-0.05, 0) is 73.3 Å². The molecular weight excluding hydrogens is 515 g/mol. The standard InChI is InChI=1S/C19H22N2.C14H22O2.Ni/c1-13-8-6-9-14(2)18(13)20-12-17(5)21-19-15(3)10-7-11-16(19)4;1-13(2,3)9-7-10(14(4,5)6)12(16)11(15)8-9;/h6-12H,1-5H3;7-8,15-16H,1-6H3;/q;;+2/p-2. The third-order valence-corrected chi connectivity index (χ3v) is 6.28. The molecule has 0 atom stereocenters. The van der Waals surface area contributed by atoms with Gasteiger partial charge in [-0.15, -0.1) is 11.5 Å². The Labute approximate surface area is 239 Å². The largest absolute Gasteiger partial charge is 2.00 e. The second kappa shape index (κ2) is 13.2. The van der Waals surface area contributed by atoms with Gasteiger partial charge in [0.2, 0.25) is 0 Å². The summed E-state index contributed by atoms with van der Waals surface area (Å²) in [6.07, 6.45) is 1.85. The summed E-state index contributed by atoms with van der Waals surface area (Å²) in [6, 6.07) is 15.8. The van der Waals surface area contributed by atoms with Gasteiger partial charge in [-0.1, -0.05) is 95.6 Å². The van der Waals surface area contributed by atoms with E-state index in [2.05, 4.69) is 69.1 Å². The van der Waals surface area contributed by atoms with Crippen molar-refractivity contribution in [3.05, 3.63) is 81.9 Å². The first kappa shape index (κ1) is 33.1. The van der Waals surface area contributed by atoms with Gasteiger partial charge in [-0.3, -0.25) is 9.98 Å². The monoisotopic (exact) mass is 556 g/mol. The number of aliphatic imine (C=N–C) groups is 2. The minimum atomic E-state index is -0.391. The number of para-hydroxylation sites is 2. The molecule has 0 radical (unpaired) electrons. The summed E-state index contributed by atoms with van der Waals surface area (Å²) < 4.78 is 0. The Kier molecular flexibility index (Phi) is 11.5. The van der Waals surface area contributed by atoms with E-state index in [9.17, 15) is 10.2 Å². The molecule has 0 aliphatic rings. The SMILES string of the molecule is CC(C)(C)c1cc([O-])c([O-])c(C(C)(C)C)c1.CC(C=Nc1c(C)cccc1C)=Nc1c(C)cccc1C.[Ni+2]. The van der Waals surface area contributed by atoms with Crippen LogP contribution in [0.4, 0.5) is 11.4 Å². The molecule has 0 aliphatic heterocycles. The van der Waals surface area contributed by atoms with Crippen LogP contribution in [-0.2, 0) is 27.3 Å². The Bertz CT molecular complexity index is 1270. The summed E-state index contributed by atoms with van der Waals surface area (Å²) in [6.45, 7) is 22.3. The summed E-state index contributed by atoms with van der Waals surface area (Å²) in [5.74, 6) is -0.752. The predicted molar refractivity (Wildman–Crippen MR) is 155 cm³/mol. The summed E-state index contributed by atoms with van der Waals surface area (Å²) in [4.78, 5) is 9.30. The van der Waals surface area contributed by atoms with E-state index in [0.29, 0.717) is 5.56 Å². The fourth-order valence-corrected chi connectivity index (χ4v) is 3.95. The van der Waals surface area contributed by atoms with E-state index in [1.165, 1.54) is 28.3 Å². The molecule has 0 spiro atoms. The zero-order valence-electron chi connectivity index (χ0n) is 24.7. The van der Waals surface area contributed by atoms with Crippen LogP contribution < -0.4 is 10.2 Å². The molecule has 3 aromatic carbocycles. The molecule has 0 N–H and O–H groups in total. The minimum Gasteiger partial charge on any atom is -0.873 e. The molecule has 5 heteroatoms. The Morgan fingerprint density at radius 3 is 1.58 bits per heavy atom. The fraction of sp³-hybridized carbons (Fsp3) is 0.394. The summed E-state index contributed by atoms with van der Waals surface area (Å²) in [5.41, 5.74) is 8.91. The summed E-state index contributed by atoms with van der Waals surface area (Å²) >= 11 is 0. The van der Waals surface area contributed by atoms with Gasteiger partial charge in [0, 0.05) is 6.21 Å². The van der Waals surface area contributed by atoms with Gasteiger partial charge in [-0.2, -0.15) is 0 Å². The van der Waals surface area contributed by atoms with E-state index in [-0.39, 0.29) is 33.1 Å². The van der Waals surface area contributed by atoms with Crippen LogP contribution in [-0.4, -0.2) is 11.9 Å². The first-order chi connectivity index (χ1) is 17.0. The van der Waals surface area contributed by atoms with Crippen molar-refractivity contribution in [2.75, 3.05) is 0 Å². The average molecular weight is 557 g/mol. The molecule has 0 amide bonds. The van der Waals surface area contributed by atoms with E-state index in [0.717, 1.165) is 22.6 Å². The zero-order chi connectivity index (χ0) is 28.1. The second-order valence-electron chi connectivity index (χ2n) is 11.8. The maximum atomic E-state index is 11.8. The van der Waals surface area contributed by atoms with Crippen molar-refractivity contribution in [1.82, 2.24) is 0 Å². The number of aryl methyl sites for hydroxylation is 4. The molecule has 0 unspecified atom stereocenters. The second-order valence-corrected chi connectivity index (χ2v) is 11.8. The molecule has 0 fully saturated rings. The fourth-order valence-electron chi connectivity index (χ4n) is 3.95. The van der Waals surface area contributed by atoms with Crippen molar-refractivity contribution in [3.63, 3.8) is 0 Å². The molecule has 3 aromatic rings. The molecule has 0 saturated heterocycles. The molecule has 0 aliphatic carbocycles. The Morgan fingerprint density at radius 2 is 1.16 bits per heavy atom. The van der Waals surface area contributed by atoms with E-state index >= 15 is 0 Å². The van der Waals surface area contributed by atoms with Crippen molar-refractivity contribution in [2.45, 2.75) is 87.0 Å². The third kappa shape index (κ3) is 8.84. The number of rotatable bonds is 3. The van der Waals surface area contributed by atoms with Crippen molar-refractivity contribution >= 4 is 23.3 Å². The average Bonchev–Trinajstić information content (AvgIpc) is 2.76. The molecule has 0 saturated carbocycles. The third-order valence-electron chi connectivity index (χ3n) is 6.28. The first-order valence-electron chi connectivity index (χ1n) is 12.8. The van der Waals surface area contributed by atoms with Crippen LogP contribution in [0.25, 0.3) is 0 Å². The van der Waals surface area contributed by atoms with Crippen LogP contribution in [0.5, 0.6) is 11.5 Å². The Morgan fingerprint density at radius 1 is 0.711 bits per heavy atom. The van der Waals surface area contributed by atoms with Gasteiger partial charge in [0.1, 0.15) is 0 Å². The van der Waals surface area contributed by atoms with Gasteiger partial charge in [0.05, 0.1) is 17.1 Å². The molecule has 206 valence electrons. The van der Waals surface area contributed by atoms with Gasteiger partial charge in [-0.25, -0.2) is 0 Å². The van der Waals surface area contributed by atoms with Crippen LogP contribution in [0, 0.1) is 27.7 Å². The topological polar surface area (TPSA) is 70.8 Å². The van der Waals surface area contributed by atoms with Crippen LogP contribution in [0.1, 0.15) is 81.8 Å². The van der Waals surface area contributed by atoms with E-state index < -0.39 is 5.75 Å². The summed E-state index contributed by atoms with van der Waals surface area (Å²) in [7, 11) is 0. The van der Waals surface area contributed by atoms with Gasteiger partial charge in [0.25, 0.3) is 0 Å². The summed E-state index contributed by atoms with van der Waals surface area (Å²) in [5, 5.41) is 23.4. The molecule has 3 rings (SSSR count). The smallest absolute Gasteiger partial charge is 0.873 e. The molecule has 0 heterocycles. The van der Waals surface area contributed by atoms with E-state index in [1.807, 2.05) is 60.7 Å². The number of benzene rings is 3. The van der Waals surface area contributed by atoms with Crippen molar-refractivity contribution in [3.8, 4) is 11.5 Å². The maximum absolute atomic E-state index is 11.8. The maximum Gasteiger partial charge on any atom is 2.00 e. The van der Waals surface area contributed by atoms with Crippen LogP contribution in [0.3, 0.4) is 0 Å². The van der Waals surface area contributed by atoms with Crippen molar-refractivity contribution in [1.29, 1.82) is 0 Å². The normalized spacial score (nSPS) is 12.1. The minimum absolute atomic E-state index is 0. The Balaban J connectivity index is 0.000000384. The van der Waals surface area contributed by atoms with Gasteiger partial charge in [0.15, 0.2) is 0 Å².